The van der Waals surface area contributed by atoms with Gasteiger partial charge in [-0.1, -0.05) is 0 Å². The lowest BCUT2D eigenvalue weighted by Gasteiger charge is -2.08. The topological polar surface area (TPSA) is 74.1 Å². The summed E-state index contributed by atoms with van der Waals surface area (Å²) in [5.41, 5.74) is 6.46. The van der Waals surface area contributed by atoms with E-state index in [-0.39, 0.29) is 0 Å². The molecule has 1 rings (SSSR count). The molecule has 4 nitrogen and oxygen atoms in total. The van der Waals surface area contributed by atoms with Crippen molar-refractivity contribution in [2.45, 2.75) is 12.5 Å². The number of aromatic nitrogens is 1. The Balaban J connectivity index is 2.02. The first-order chi connectivity index (χ1) is 6.33. The highest BCUT2D eigenvalue weighted by Gasteiger charge is 1.99. The molecule has 0 spiro atoms. The summed E-state index contributed by atoms with van der Waals surface area (Å²) in [6.45, 7) is 1.74. The molecule has 0 amide bonds. The average Bonchev–Trinajstić information content (AvgIpc) is 2.64. The van der Waals surface area contributed by atoms with E-state index in [4.69, 9.17) is 10.8 Å². The molecule has 0 aliphatic carbocycles. The Labute approximate surface area is 78.1 Å². The summed E-state index contributed by atoms with van der Waals surface area (Å²) in [5, 5.41) is 12.2. The Bertz CT molecular complexity index is 211. The lowest BCUT2D eigenvalue weighted by Crippen LogP contribution is -2.33. The highest BCUT2D eigenvalue weighted by molar-refractivity contribution is 5.03. The van der Waals surface area contributed by atoms with E-state index in [9.17, 15) is 0 Å². The molecular weight excluding hydrogens is 166 g/mol. The minimum atomic E-state index is -0.427. The van der Waals surface area contributed by atoms with Crippen LogP contribution in [0.5, 0.6) is 0 Å². The van der Waals surface area contributed by atoms with Gasteiger partial charge < -0.3 is 21.1 Å². The van der Waals surface area contributed by atoms with Gasteiger partial charge in [-0.2, -0.15) is 0 Å². The predicted octanol–water partition coefficient (Wildman–Crippen LogP) is -0.534. The van der Waals surface area contributed by atoms with Crippen molar-refractivity contribution >= 4 is 0 Å². The molecule has 0 aliphatic rings. The highest BCUT2D eigenvalue weighted by Crippen LogP contribution is 1.93. The van der Waals surface area contributed by atoms with E-state index in [1.807, 2.05) is 18.3 Å². The first-order valence-corrected chi connectivity index (χ1v) is 4.54. The van der Waals surface area contributed by atoms with Crippen LogP contribution in [0.3, 0.4) is 0 Å². The molecule has 13 heavy (non-hydrogen) atoms. The number of aliphatic hydroxyl groups excluding tert-OH is 1. The lowest BCUT2D eigenvalue weighted by atomic mass is 10.3. The molecule has 1 unspecified atom stereocenters. The molecule has 0 radical (unpaired) electrons. The smallest absolute Gasteiger partial charge is 0.0786 e. The Morgan fingerprint density at radius 1 is 1.62 bits per heavy atom. The van der Waals surface area contributed by atoms with Crippen molar-refractivity contribution in [3.05, 3.63) is 24.0 Å². The molecule has 1 aromatic heterocycles. The van der Waals surface area contributed by atoms with Gasteiger partial charge in [-0.15, -0.1) is 0 Å². The minimum Gasteiger partial charge on any atom is -0.390 e. The third kappa shape index (κ3) is 4.07. The summed E-state index contributed by atoms with van der Waals surface area (Å²) in [4.78, 5) is 3.11. The van der Waals surface area contributed by atoms with Crippen LogP contribution in [0.4, 0.5) is 0 Å². The van der Waals surface area contributed by atoms with Gasteiger partial charge in [-0.3, -0.25) is 0 Å². The van der Waals surface area contributed by atoms with Gasteiger partial charge in [0.15, 0.2) is 0 Å². The maximum absolute atomic E-state index is 9.12. The molecule has 1 aromatic rings. The zero-order chi connectivity index (χ0) is 9.52. The monoisotopic (exact) mass is 183 g/mol. The molecule has 0 bridgehead atoms. The Morgan fingerprint density at radius 2 is 2.46 bits per heavy atom. The van der Waals surface area contributed by atoms with Crippen LogP contribution in [0.1, 0.15) is 5.69 Å². The summed E-state index contributed by atoms with van der Waals surface area (Å²) in [7, 11) is 0. The zero-order valence-corrected chi connectivity index (χ0v) is 7.66. The van der Waals surface area contributed by atoms with Crippen molar-refractivity contribution in [3.8, 4) is 0 Å². The molecule has 0 fully saturated rings. The van der Waals surface area contributed by atoms with Gasteiger partial charge in [-0.25, -0.2) is 0 Å². The fourth-order valence-electron chi connectivity index (χ4n) is 1.10. The van der Waals surface area contributed by atoms with E-state index < -0.39 is 6.10 Å². The Kier molecular flexibility index (Phi) is 4.53. The van der Waals surface area contributed by atoms with Crippen LogP contribution < -0.4 is 11.1 Å². The predicted molar refractivity (Wildman–Crippen MR) is 52.4 cm³/mol. The summed E-state index contributed by atoms with van der Waals surface area (Å²) in [5.74, 6) is 0. The van der Waals surface area contributed by atoms with E-state index >= 15 is 0 Å². The van der Waals surface area contributed by atoms with E-state index in [1.54, 1.807) is 0 Å². The van der Waals surface area contributed by atoms with Gasteiger partial charge in [0, 0.05) is 31.5 Å². The van der Waals surface area contributed by atoms with Gasteiger partial charge in [0.05, 0.1) is 6.10 Å². The lowest BCUT2D eigenvalue weighted by molar-refractivity contribution is 0.180. The quantitative estimate of drug-likeness (QED) is 0.448. The molecule has 4 heteroatoms. The van der Waals surface area contributed by atoms with Crippen molar-refractivity contribution in [3.63, 3.8) is 0 Å². The second-order valence-corrected chi connectivity index (χ2v) is 3.04. The second kappa shape index (κ2) is 5.75. The molecule has 0 saturated carbocycles. The van der Waals surface area contributed by atoms with Gasteiger partial charge in [0.1, 0.15) is 0 Å². The largest absolute Gasteiger partial charge is 0.390 e. The number of nitrogens with one attached hydrogen (secondary N) is 2. The maximum Gasteiger partial charge on any atom is 0.0786 e. The Hall–Kier alpha value is -0.840. The molecule has 74 valence electrons. The first-order valence-electron chi connectivity index (χ1n) is 4.54. The SMILES string of the molecule is NCC(O)CNCCc1ccc[nH]1. The van der Waals surface area contributed by atoms with Crippen LogP contribution in [0.15, 0.2) is 18.3 Å². The third-order valence-corrected chi connectivity index (χ3v) is 1.89. The van der Waals surface area contributed by atoms with E-state index in [0.717, 1.165) is 13.0 Å². The van der Waals surface area contributed by atoms with Crippen LogP contribution in [0, 0.1) is 0 Å². The highest BCUT2D eigenvalue weighted by atomic mass is 16.3. The number of hydrogen-bond donors (Lipinski definition) is 4. The summed E-state index contributed by atoms with van der Waals surface area (Å²) >= 11 is 0. The summed E-state index contributed by atoms with van der Waals surface area (Å²) in [6, 6.07) is 4.02. The van der Waals surface area contributed by atoms with Crippen LogP contribution >= 0.6 is 0 Å². The number of nitrogens with two attached hydrogens (primary N) is 1. The van der Waals surface area contributed by atoms with Gasteiger partial charge in [0.2, 0.25) is 0 Å². The average molecular weight is 183 g/mol. The van der Waals surface area contributed by atoms with Crippen molar-refractivity contribution in [2.24, 2.45) is 5.73 Å². The van der Waals surface area contributed by atoms with Crippen molar-refractivity contribution in [2.75, 3.05) is 19.6 Å². The fourth-order valence-corrected chi connectivity index (χ4v) is 1.10. The molecule has 1 atom stereocenters. The van der Waals surface area contributed by atoms with Crippen LogP contribution in [-0.2, 0) is 6.42 Å². The molecule has 0 saturated heterocycles. The van der Waals surface area contributed by atoms with E-state index in [2.05, 4.69) is 10.3 Å². The standard InChI is InChI=1S/C9H17N3O/c10-6-9(13)7-11-5-3-8-2-1-4-12-8/h1-2,4,9,11-13H,3,5-7,10H2. The normalized spacial score (nSPS) is 13.1. The fraction of sp³-hybridized carbons (Fsp3) is 0.556. The number of H-pyrrole nitrogens is 1. The minimum absolute atomic E-state index is 0.315. The molecule has 5 N–H and O–H groups in total. The third-order valence-electron chi connectivity index (χ3n) is 1.89. The molecule has 0 aromatic carbocycles. The Morgan fingerprint density at radius 3 is 3.08 bits per heavy atom. The molecular formula is C9H17N3O. The molecule has 0 aliphatic heterocycles. The number of rotatable bonds is 6. The van der Waals surface area contributed by atoms with Gasteiger partial charge in [-0.05, 0) is 18.6 Å². The maximum atomic E-state index is 9.12. The second-order valence-electron chi connectivity index (χ2n) is 3.04. The zero-order valence-electron chi connectivity index (χ0n) is 7.66. The van der Waals surface area contributed by atoms with Gasteiger partial charge >= 0.3 is 0 Å². The van der Waals surface area contributed by atoms with Crippen LogP contribution in [0.25, 0.3) is 0 Å². The number of aliphatic hydroxyl groups is 1. The van der Waals surface area contributed by atoms with Crippen LogP contribution in [-0.4, -0.2) is 35.8 Å². The van der Waals surface area contributed by atoms with Crippen molar-refractivity contribution in [1.29, 1.82) is 0 Å². The molecule has 1 heterocycles. The number of hydrogen-bond acceptors (Lipinski definition) is 3. The van der Waals surface area contributed by atoms with Gasteiger partial charge in [0.25, 0.3) is 0 Å². The van der Waals surface area contributed by atoms with E-state index in [0.29, 0.717) is 13.1 Å². The van der Waals surface area contributed by atoms with Crippen molar-refractivity contribution in [1.82, 2.24) is 10.3 Å². The van der Waals surface area contributed by atoms with Crippen LogP contribution in [0.2, 0.25) is 0 Å². The summed E-state index contributed by atoms with van der Waals surface area (Å²) in [6.07, 6.45) is 2.43. The van der Waals surface area contributed by atoms with Crippen molar-refractivity contribution < 1.29 is 5.11 Å². The van der Waals surface area contributed by atoms with E-state index in [1.165, 1.54) is 5.69 Å². The first kappa shape index (κ1) is 10.2. The summed E-state index contributed by atoms with van der Waals surface area (Å²) < 4.78 is 0. The number of aromatic amines is 1.